The summed E-state index contributed by atoms with van der Waals surface area (Å²) in [6.45, 7) is -1.27. The van der Waals surface area contributed by atoms with E-state index < -0.39 is 68.5 Å². The predicted molar refractivity (Wildman–Crippen MR) is 116 cm³/mol. The van der Waals surface area contributed by atoms with Gasteiger partial charge in [0.1, 0.15) is 18.2 Å². The van der Waals surface area contributed by atoms with Gasteiger partial charge in [-0.3, -0.25) is 4.79 Å². The number of halogens is 5. The van der Waals surface area contributed by atoms with E-state index in [1.54, 1.807) is 0 Å². The van der Waals surface area contributed by atoms with Crippen molar-refractivity contribution in [2.45, 2.75) is 23.5 Å². The van der Waals surface area contributed by atoms with Gasteiger partial charge in [0, 0.05) is 19.0 Å². The number of benzene rings is 2. The molecule has 2 amide bonds. The molecule has 2 heterocycles. The number of primary sulfonamides is 1. The molecule has 37 heavy (non-hydrogen) atoms. The van der Waals surface area contributed by atoms with Gasteiger partial charge in [-0.2, -0.15) is 0 Å². The highest BCUT2D eigenvalue weighted by molar-refractivity contribution is 7.89. The number of nitrogens with zero attached hydrogens (tertiary/aromatic N) is 2. The highest BCUT2D eigenvalue weighted by atomic mass is 32.2. The molecule has 200 valence electrons. The van der Waals surface area contributed by atoms with Crippen LogP contribution in [0.25, 0.3) is 0 Å². The normalized spacial score (nSPS) is 21.6. The van der Waals surface area contributed by atoms with E-state index in [1.165, 1.54) is 12.1 Å². The van der Waals surface area contributed by atoms with E-state index in [4.69, 9.17) is 9.88 Å². The zero-order chi connectivity index (χ0) is 27.2. The van der Waals surface area contributed by atoms with Crippen LogP contribution in [0.3, 0.4) is 0 Å². The van der Waals surface area contributed by atoms with Crippen LogP contribution in [0.5, 0.6) is 5.75 Å². The Kier molecular flexibility index (Phi) is 6.79. The van der Waals surface area contributed by atoms with Gasteiger partial charge >= 0.3 is 12.5 Å². The maximum atomic E-state index is 15.6. The number of hydrogen-bond donors (Lipinski definition) is 1. The lowest BCUT2D eigenvalue weighted by Gasteiger charge is -2.23. The van der Waals surface area contributed by atoms with Crippen molar-refractivity contribution in [2.24, 2.45) is 11.1 Å². The number of amides is 2. The van der Waals surface area contributed by atoms with Crippen LogP contribution < -0.4 is 9.88 Å². The number of likely N-dealkylation sites (tertiary alicyclic amines) is 2. The van der Waals surface area contributed by atoms with Gasteiger partial charge in [0.15, 0.2) is 5.67 Å². The minimum absolute atomic E-state index is 0.0791. The fraction of sp³-hybridized carbons (Fsp3) is 0.364. The third-order valence-electron chi connectivity index (χ3n) is 6.08. The van der Waals surface area contributed by atoms with Crippen LogP contribution >= 0.6 is 0 Å². The molecule has 0 spiro atoms. The zero-order valence-corrected chi connectivity index (χ0v) is 19.7. The number of alkyl halides is 4. The average molecular weight is 549 g/mol. The third kappa shape index (κ3) is 5.93. The quantitative estimate of drug-likeness (QED) is 0.573. The van der Waals surface area contributed by atoms with Crippen LogP contribution in [0.15, 0.2) is 47.4 Å². The van der Waals surface area contributed by atoms with E-state index in [0.717, 1.165) is 34.1 Å². The minimum atomic E-state index is -4.84. The number of ether oxygens (including phenoxy) is 2. The molecule has 9 nitrogen and oxygen atoms in total. The van der Waals surface area contributed by atoms with Crippen LogP contribution in [-0.4, -0.2) is 68.4 Å². The molecule has 15 heteroatoms. The molecule has 0 aliphatic carbocycles. The first-order valence-electron chi connectivity index (χ1n) is 10.7. The Bertz CT molecular complexity index is 1320. The van der Waals surface area contributed by atoms with Gasteiger partial charge in [-0.05, 0) is 35.9 Å². The molecular weight excluding hydrogens is 529 g/mol. The van der Waals surface area contributed by atoms with Crippen LogP contribution in [0.1, 0.15) is 15.9 Å². The fourth-order valence-corrected chi connectivity index (χ4v) is 4.85. The molecule has 2 aromatic carbocycles. The first-order valence-corrected chi connectivity index (χ1v) is 12.3. The molecule has 2 atom stereocenters. The standard InChI is InChI=1S/C22H20F5N3O6S/c23-18-7-16(37(28,33)34)5-6-17(18)19(31)29-8-14-9-30(12-21(14,24)11-29)20(32)35-10-13-1-3-15(4-2-13)36-22(25,26)27/h1-7,14H,8-12H2,(H2,28,33,34)/t14-,21+/m1/s1. The molecule has 2 aromatic rings. The maximum Gasteiger partial charge on any atom is 0.573 e. The van der Waals surface area contributed by atoms with Crippen LogP contribution in [0.2, 0.25) is 0 Å². The molecule has 0 aromatic heterocycles. The van der Waals surface area contributed by atoms with E-state index >= 15 is 4.39 Å². The summed E-state index contributed by atoms with van der Waals surface area (Å²) < 4.78 is 98.2. The predicted octanol–water partition coefficient (Wildman–Crippen LogP) is 2.80. The summed E-state index contributed by atoms with van der Waals surface area (Å²) in [5.41, 5.74) is -2.04. The Morgan fingerprint density at radius 2 is 1.68 bits per heavy atom. The molecule has 2 aliphatic heterocycles. The Balaban J connectivity index is 1.32. The number of nitrogens with two attached hydrogens (primary N) is 1. The van der Waals surface area contributed by atoms with Crippen LogP contribution in [0, 0.1) is 11.7 Å². The van der Waals surface area contributed by atoms with E-state index in [2.05, 4.69) is 4.74 Å². The molecule has 0 unspecified atom stereocenters. The second-order valence-electron chi connectivity index (χ2n) is 8.73. The van der Waals surface area contributed by atoms with E-state index in [-0.39, 0.29) is 26.2 Å². The fourth-order valence-electron chi connectivity index (χ4n) is 4.32. The summed E-state index contributed by atoms with van der Waals surface area (Å²) >= 11 is 0. The highest BCUT2D eigenvalue weighted by Crippen LogP contribution is 2.39. The molecule has 0 radical (unpaired) electrons. The topological polar surface area (TPSA) is 119 Å². The highest BCUT2D eigenvalue weighted by Gasteiger charge is 2.56. The Morgan fingerprint density at radius 1 is 1.05 bits per heavy atom. The van der Waals surface area contributed by atoms with Crippen LogP contribution in [0.4, 0.5) is 26.7 Å². The molecule has 0 bridgehead atoms. The maximum absolute atomic E-state index is 15.6. The number of fused-ring (bicyclic) bond motifs is 1. The molecule has 2 fully saturated rings. The van der Waals surface area contributed by atoms with Crippen molar-refractivity contribution in [1.82, 2.24) is 9.80 Å². The first-order chi connectivity index (χ1) is 17.1. The first kappa shape index (κ1) is 26.6. The van der Waals surface area contributed by atoms with Crippen molar-refractivity contribution in [3.8, 4) is 5.75 Å². The largest absolute Gasteiger partial charge is 0.573 e. The van der Waals surface area contributed by atoms with Gasteiger partial charge in [0.05, 0.1) is 23.5 Å². The SMILES string of the molecule is NS(=O)(=O)c1ccc(C(=O)N2C[C@@H]3CN(C(=O)OCc4ccc(OC(F)(F)F)cc4)C[C@@]3(F)C2)c(F)c1. The van der Waals surface area contributed by atoms with E-state index in [0.29, 0.717) is 11.6 Å². The van der Waals surface area contributed by atoms with Gasteiger partial charge in [-0.1, -0.05) is 12.1 Å². The summed E-state index contributed by atoms with van der Waals surface area (Å²) in [5.74, 6) is -3.16. The van der Waals surface area contributed by atoms with Gasteiger partial charge in [-0.25, -0.2) is 27.1 Å². The van der Waals surface area contributed by atoms with Gasteiger partial charge < -0.3 is 19.3 Å². The van der Waals surface area contributed by atoms with Gasteiger partial charge in [-0.15, -0.1) is 13.2 Å². The Labute approximate surface area is 207 Å². The lowest BCUT2D eigenvalue weighted by atomic mass is 9.97. The number of hydrogen-bond acceptors (Lipinski definition) is 6. The van der Waals surface area contributed by atoms with E-state index in [1.807, 2.05) is 0 Å². The smallest absolute Gasteiger partial charge is 0.445 e. The minimum Gasteiger partial charge on any atom is -0.445 e. The molecule has 0 saturated carbocycles. The molecule has 2 saturated heterocycles. The summed E-state index contributed by atoms with van der Waals surface area (Å²) in [6.07, 6.45) is -5.68. The summed E-state index contributed by atoms with van der Waals surface area (Å²) in [6, 6.07) is 7.22. The van der Waals surface area contributed by atoms with Crippen molar-refractivity contribution >= 4 is 22.0 Å². The Hall–Kier alpha value is -3.46. The Morgan fingerprint density at radius 3 is 2.24 bits per heavy atom. The summed E-state index contributed by atoms with van der Waals surface area (Å²) in [5, 5.41) is 4.95. The van der Waals surface area contributed by atoms with Crippen molar-refractivity contribution in [2.75, 3.05) is 26.2 Å². The lowest BCUT2D eigenvalue weighted by molar-refractivity contribution is -0.274. The second kappa shape index (κ2) is 9.45. The molecule has 4 rings (SSSR count). The zero-order valence-electron chi connectivity index (χ0n) is 18.9. The third-order valence-corrected chi connectivity index (χ3v) is 7.00. The second-order valence-corrected chi connectivity index (χ2v) is 10.3. The number of carbonyl (C=O) groups excluding carboxylic acids is 2. The van der Waals surface area contributed by atoms with Crippen molar-refractivity contribution in [3.63, 3.8) is 0 Å². The summed E-state index contributed by atoms with van der Waals surface area (Å²) in [7, 11) is -4.18. The number of carbonyl (C=O) groups is 2. The van der Waals surface area contributed by atoms with Crippen molar-refractivity contribution < 1.29 is 49.4 Å². The molecular formula is C22H20F5N3O6S. The number of rotatable bonds is 5. The molecule has 2 N–H and O–H groups in total. The monoisotopic (exact) mass is 549 g/mol. The lowest BCUT2D eigenvalue weighted by Crippen LogP contribution is -2.40. The average Bonchev–Trinajstić information content (AvgIpc) is 3.28. The van der Waals surface area contributed by atoms with Gasteiger partial charge in [0.25, 0.3) is 5.91 Å². The molecule has 2 aliphatic rings. The summed E-state index contributed by atoms with van der Waals surface area (Å²) in [4.78, 5) is 26.9. The number of sulfonamides is 1. The van der Waals surface area contributed by atoms with Crippen LogP contribution in [-0.2, 0) is 21.4 Å². The van der Waals surface area contributed by atoms with Crippen molar-refractivity contribution in [3.05, 3.63) is 59.4 Å². The van der Waals surface area contributed by atoms with E-state index in [9.17, 15) is 35.6 Å². The van der Waals surface area contributed by atoms with Crippen molar-refractivity contribution in [1.29, 1.82) is 0 Å². The van der Waals surface area contributed by atoms with Gasteiger partial charge in [0.2, 0.25) is 10.0 Å².